The Morgan fingerprint density at radius 1 is 1.10 bits per heavy atom. The van der Waals surface area contributed by atoms with Gasteiger partial charge < -0.3 is 29.0 Å². The first-order valence-electron chi connectivity index (χ1n) is 14.8. The maximum absolute atomic E-state index is 13.6. The van der Waals surface area contributed by atoms with Gasteiger partial charge in [-0.05, 0) is 80.5 Å². The number of benzene rings is 1. The maximum atomic E-state index is 13.6. The number of urea groups is 1. The third kappa shape index (κ3) is 5.57. The molecule has 0 spiro atoms. The number of aromatic amines is 1. The minimum absolute atomic E-state index is 0.0386. The maximum Gasteiger partial charge on any atom is 0.410 e. The lowest BCUT2D eigenvalue weighted by Gasteiger charge is -2.40. The molecule has 1 aromatic carbocycles. The van der Waals surface area contributed by atoms with Gasteiger partial charge >= 0.3 is 12.1 Å². The van der Waals surface area contributed by atoms with Crippen molar-refractivity contribution in [3.05, 3.63) is 52.8 Å². The number of methoxy groups -OCH3 is 1. The van der Waals surface area contributed by atoms with Crippen LogP contribution in [0.15, 0.2) is 30.6 Å². The van der Waals surface area contributed by atoms with Gasteiger partial charge in [0.15, 0.2) is 0 Å². The molecule has 6 rings (SSSR count). The van der Waals surface area contributed by atoms with Crippen LogP contribution in [-0.4, -0.2) is 95.0 Å². The molecular formula is C32H41N5O5. The Hall–Kier alpha value is -3.63. The lowest BCUT2D eigenvalue weighted by molar-refractivity contribution is -0.0334. The average Bonchev–Trinajstić information content (AvgIpc) is 3.61. The minimum atomic E-state index is -0.615. The second-order valence-electron chi connectivity index (χ2n) is 12.6. The highest BCUT2D eigenvalue weighted by molar-refractivity contribution is 5.85. The van der Waals surface area contributed by atoms with Gasteiger partial charge in [0.25, 0.3) is 0 Å². The van der Waals surface area contributed by atoms with E-state index in [0.29, 0.717) is 45.9 Å². The predicted molar refractivity (Wildman–Crippen MR) is 159 cm³/mol. The number of hydrogen-bond donors (Lipinski definition) is 1. The third-order valence-corrected chi connectivity index (χ3v) is 8.58. The van der Waals surface area contributed by atoms with Gasteiger partial charge in [-0.15, -0.1) is 0 Å². The van der Waals surface area contributed by atoms with E-state index in [9.17, 15) is 9.59 Å². The van der Waals surface area contributed by atoms with E-state index >= 15 is 0 Å². The molecule has 10 nitrogen and oxygen atoms in total. The number of nitrogens with zero attached hydrogens (tertiary/aromatic N) is 4. The molecule has 0 saturated carbocycles. The zero-order chi connectivity index (χ0) is 29.6. The highest BCUT2D eigenvalue weighted by Crippen LogP contribution is 2.37. The highest BCUT2D eigenvalue weighted by atomic mass is 16.6. The van der Waals surface area contributed by atoms with Gasteiger partial charge in [-0.25, -0.2) is 14.6 Å². The number of hydrogen-bond acceptors (Lipinski definition) is 6. The SMILES string of the molecule is CO[C@@H]1CCN(C(=O)N2CCc3cc(-c4cnc5[nH]cc(C)c5c4)cc([C@@H]4COCCN4C(=O)OC(C)(C)C)c3C2)C1. The van der Waals surface area contributed by atoms with Crippen LogP contribution in [0.1, 0.15) is 55.5 Å². The van der Waals surface area contributed by atoms with Crippen molar-refractivity contribution in [1.82, 2.24) is 24.7 Å². The molecule has 3 amide bonds. The van der Waals surface area contributed by atoms with Crippen LogP contribution < -0.4 is 0 Å². The van der Waals surface area contributed by atoms with Gasteiger partial charge in [-0.2, -0.15) is 0 Å². The van der Waals surface area contributed by atoms with E-state index < -0.39 is 5.60 Å². The van der Waals surface area contributed by atoms with Gasteiger partial charge in [-0.3, -0.25) is 4.90 Å². The van der Waals surface area contributed by atoms with E-state index in [1.807, 2.05) is 43.0 Å². The molecule has 2 fully saturated rings. The van der Waals surface area contributed by atoms with Crippen LogP contribution in [-0.2, 0) is 27.2 Å². The van der Waals surface area contributed by atoms with Gasteiger partial charge in [0, 0.05) is 63.2 Å². The number of ether oxygens (including phenoxy) is 3. The van der Waals surface area contributed by atoms with Gasteiger partial charge in [0.1, 0.15) is 11.2 Å². The first-order chi connectivity index (χ1) is 20.1. The number of aromatic nitrogens is 2. The van der Waals surface area contributed by atoms with E-state index in [0.717, 1.165) is 51.7 Å². The zero-order valence-corrected chi connectivity index (χ0v) is 25.2. The summed E-state index contributed by atoms with van der Waals surface area (Å²) in [7, 11) is 1.70. The zero-order valence-electron chi connectivity index (χ0n) is 25.2. The molecule has 2 aromatic heterocycles. The van der Waals surface area contributed by atoms with Crippen LogP contribution in [0.4, 0.5) is 9.59 Å². The first-order valence-corrected chi connectivity index (χ1v) is 14.8. The Kier molecular flexibility index (Phi) is 7.61. The summed E-state index contributed by atoms with van der Waals surface area (Å²) in [6, 6.07) is 6.25. The van der Waals surface area contributed by atoms with Gasteiger partial charge in [0.2, 0.25) is 0 Å². The lowest BCUT2D eigenvalue weighted by atomic mass is 9.87. The van der Waals surface area contributed by atoms with Crippen molar-refractivity contribution in [3.63, 3.8) is 0 Å². The number of carbonyl (C=O) groups excluding carboxylic acids is 2. The molecule has 0 unspecified atom stereocenters. The molecule has 0 radical (unpaired) electrons. The molecular weight excluding hydrogens is 534 g/mol. The summed E-state index contributed by atoms with van der Waals surface area (Å²) in [5.41, 5.74) is 6.69. The topological polar surface area (TPSA) is 100 Å². The smallest absolute Gasteiger partial charge is 0.410 e. The van der Waals surface area contributed by atoms with Gasteiger partial charge in [0.05, 0.1) is 25.4 Å². The van der Waals surface area contributed by atoms with Crippen molar-refractivity contribution in [3.8, 4) is 11.1 Å². The van der Waals surface area contributed by atoms with E-state index in [2.05, 4.69) is 35.1 Å². The van der Waals surface area contributed by atoms with Crippen LogP contribution in [0.25, 0.3) is 22.2 Å². The summed E-state index contributed by atoms with van der Waals surface area (Å²) in [4.78, 5) is 40.5. The molecule has 1 N–H and O–H groups in total. The van der Waals surface area contributed by atoms with E-state index in [-0.39, 0.29) is 24.3 Å². The Balaban J connectivity index is 1.40. The highest BCUT2D eigenvalue weighted by Gasteiger charge is 2.37. The fraction of sp³-hybridized carbons (Fsp3) is 0.531. The number of morpholine rings is 1. The molecule has 224 valence electrons. The quantitative estimate of drug-likeness (QED) is 0.470. The monoisotopic (exact) mass is 575 g/mol. The minimum Gasteiger partial charge on any atom is -0.444 e. The van der Waals surface area contributed by atoms with Crippen molar-refractivity contribution in [2.24, 2.45) is 0 Å². The number of pyridine rings is 1. The fourth-order valence-electron chi connectivity index (χ4n) is 6.31. The summed E-state index contributed by atoms with van der Waals surface area (Å²) < 4.78 is 17.3. The van der Waals surface area contributed by atoms with Crippen LogP contribution in [0, 0.1) is 6.92 Å². The van der Waals surface area contributed by atoms with Crippen molar-refractivity contribution < 1.29 is 23.8 Å². The number of carbonyl (C=O) groups is 2. The van der Waals surface area contributed by atoms with Crippen molar-refractivity contribution in [2.75, 3.05) is 46.5 Å². The number of amides is 3. The normalized spacial score (nSPS) is 21.1. The molecule has 42 heavy (non-hydrogen) atoms. The second kappa shape index (κ2) is 11.2. The summed E-state index contributed by atoms with van der Waals surface area (Å²) >= 11 is 0. The molecule has 0 bridgehead atoms. The molecule has 3 aliphatic rings. The Labute approximate surface area is 246 Å². The van der Waals surface area contributed by atoms with Crippen LogP contribution in [0.5, 0.6) is 0 Å². The number of fused-ring (bicyclic) bond motifs is 2. The Morgan fingerprint density at radius 2 is 1.93 bits per heavy atom. The Bertz CT molecular complexity index is 1490. The Morgan fingerprint density at radius 3 is 2.69 bits per heavy atom. The van der Waals surface area contributed by atoms with E-state index in [4.69, 9.17) is 14.2 Å². The van der Waals surface area contributed by atoms with Crippen molar-refractivity contribution in [1.29, 1.82) is 0 Å². The molecule has 3 aliphatic heterocycles. The summed E-state index contributed by atoms with van der Waals surface area (Å²) in [5.74, 6) is 0. The second-order valence-corrected chi connectivity index (χ2v) is 12.6. The number of likely N-dealkylation sites (tertiary alicyclic amines) is 1. The van der Waals surface area contributed by atoms with Crippen molar-refractivity contribution in [2.45, 2.75) is 64.8 Å². The van der Waals surface area contributed by atoms with Crippen LogP contribution in [0.2, 0.25) is 0 Å². The molecule has 2 atom stereocenters. The molecule has 5 heterocycles. The number of rotatable bonds is 3. The summed E-state index contributed by atoms with van der Waals surface area (Å²) in [6.07, 6.45) is 5.17. The molecule has 0 aliphatic carbocycles. The number of H-pyrrole nitrogens is 1. The predicted octanol–water partition coefficient (Wildman–Crippen LogP) is 5.05. The van der Waals surface area contributed by atoms with E-state index in [1.165, 1.54) is 5.56 Å². The van der Waals surface area contributed by atoms with Crippen molar-refractivity contribution >= 4 is 23.2 Å². The number of nitrogens with one attached hydrogen (secondary N) is 1. The summed E-state index contributed by atoms with van der Waals surface area (Å²) in [6.45, 7) is 11.4. The molecule has 2 saturated heterocycles. The number of aryl methyl sites for hydroxylation is 1. The summed E-state index contributed by atoms with van der Waals surface area (Å²) in [5, 5.41) is 1.08. The average molecular weight is 576 g/mol. The lowest BCUT2D eigenvalue weighted by Crippen LogP contribution is -2.47. The van der Waals surface area contributed by atoms with Gasteiger partial charge in [-0.1, -0.05) is 6.07 Å². The third-order valence-electron chi connectivity index (χ3n) is 8.58. The van der Waals surface area contributed by atoms with Crippen LogP contribution in [0.3, 0.4) is 0 Å². The fourth-order valence-corrected chi connectivity index (χ4v) is 6.31. The van der Waals surface area contributed by atoms with Crippen LogP contribution >= 0.6 is 0 Å². The largest absolute Gasteiger partial charge is 0.444 e. The van der Waals surface area contributed by atoms with E-state index in [1.54, 1.807) is 12.0 Å². The first kappa shape index (κ1) is 28.5. The molecule has 10 heteroatoms. The molecule has 3 aromatic rings. The standard InChI is InChI=1S/C32H41N5O5/c1-20-15-33-29-25(20)14-23(16-34-29)22-12-21-6-8-36(30(38)35-9-7-24(17-35)40-5)18-27(21)26(13-22)28-19-41-11-10-37(28)31(39)42-32(2,3)4/h12-16,24,28H,6-11,17-19H2,1-5H3,(H,33,34)/t24-,28+/m1/s1.